The van der Waals surface area contributed by atoms with Crippen LogP contribution in [0.2, 0.25) is 0 Å². The van der Waals surface area contributed by atoms with E-state index < -0.39 is 0 Å². The van der Waals surface area contributed by atoms with Crippen molar-refractivity contribution in [3.8, 4) is 0 Å². The summed E-state index contributed by atoms with van der Waals surface area (Å²) in [6, 6.07) is 13.9. The summed E-state index contributed by atoms with van der Waals surface area (Å²) in [6.07, 6.45) is 4.23. The molecule has 4 aromatic rings. The van der Waals surface area contributed by atoms with E-state index in [2.05, 4.69) is 27.5 Å². The van der Waals surface area contributed by atoms with Gasteiger partial charge in [0.05, 0.1) is 17.8 Å². The number of hydrogen-bond acceptors (Lipinski definition) is 5. The monoisotopic (exact) mass is 333 g/mol. The molecule has 0 aliphatic carbocycles. The molecular formula is C19H19N5O. The van der Waals surface area contributed by atoms with Crippen LogP contribution in [0.5, 0.6) is 0 Å². The Labute approximate surface area is 145 Å². The molecule has 1 atom stereocenters. The molecule has 1 unspecified atom stereocenters. The maximum Gasteiger partial charge on any atom is 0.163 e. The van der Waals surface area contributed by atoms with Gasteiger partial charge in [-0.3, -0.25) is 4.68 Å². The Morgan fingerprint density at radius 1 is 1.12 bits per heavy atom. The molecule has 0 amide bonds. The van der Waals surface area contributed by atoms with Crippen LogP contribution in [-0.2, 0) is 13.5 Å². The molecule has 0 aliphatic rings. The van der Waals surface area contributed by atoms with Crippen molar-refractivity contribution >= 4 is 16.9 Å². The Bertz CT molecular complexity index is 976. The molecule has 6 heteroatoms. The highest BCUT2D eigenvalue weighted by atomic mass is 16.3. The molecule has 0 aliphatic heterocycles. The number of hydrogen-bond donors (Lipinski definition) is 1. The lowest BCUT2D eigenvalue weighted by Gasteiger charge is -2.18. The lowest BCUT2D eigenvalue weighted by molar-refractivity contribution is 0.498. The Morgan fingerprint density at radius 2 is 1.96 bits per heavy atom. The predicted molar refractivity (Wildman–Crippen MR) is 96.3 cm³/mol. The Morgan fingerprint density at radius 3 is 2.68 bits per heavy atom. The Kier molecular flexibility index (Phi) is 3.93. The third-order valence-corrected chi connectivity index (χ3v) is 4.20. The Balaban J connectivity index is 1.82. The third kappa shape index (κ3) is 2.87. The van der Waals surface area contributed by atoms with E-state index in [1.54, 1.807) is 17.1 Å². The summed E-state index contributed by atoms with van der Waals surface area (Å²) in [6.45, 7) is 2.04. The van der Waals surface area contributed by atoms with Gasteiger partial charge in [-0.1, -0.05) is 37.3 Å². The number of anilines is 1. The number of furan rings is 1. The fourth-order valence-corrected chi connectivity index (χ4v) is 2.89. The maximum absolute atomic E-state index is 5.67. The van der Waals surface area contributed by atoms with Gasteiger partial charge in [-0.2, -0.15) is 5.10 Å². The standard InChI is InChI=1S/C19H19N5O/c1-3-16-21-18(14-12-20-24(2)19(14)22-16)23-17(15-10-7-11-25-15)13-8-5-4-6-9-13/h4-12,17H,3H2,1-2H3,(H,21,22,23). The highest BCUT2D eigenvalue weighted by Crippen LogP contribution is 2.29. The highest BCUT2D eigenvalue weighted by Gasteiger charge is 2.20. The van der Waals surface area contributed by atoms with Gasteiger partial charge < -0.3 is 9.73 Å². The largest absolute Gasteiger partial charge is 0.467 e. The quantitative estimate of drug-likeness (QED) is 0.603. The van der Waals surface area contributed by atoms with Crippen LogP contribution in [0.3, 0.4) is 0 Å². The zero-order chi connectivity index (χ0) is 17.2. The summed E-state index contributed by atoms with van der Waals surface area (Å²) in [4.78, 5) is 9.27. The van der Waals surface area contributed by atoms with E-state index in [-0.39, 0.29) is 6.04 Å². The number of aryl methyl sites for hydroxylation is 2. The second-order valence-electron chi connectivity index (χ2n) is 5.85. The molecule has 6 nitrogen and oxygen atoms in total. The molecular weight excluding hydrogens is 314 g/mol. The van der Waals surface area contributed by atoms with E-state index >= 15 is 0 Å². The van der Waals surface area contributed by atoms with Gasteiger partial charge in [0.15, 0.2) is 5.65 Å². The molecule has 25 heavy (non-hydrogen) atoms. The summed E-state index contributed by atoms with van der Waals surface area (Å²) in [7, 11) is 1.89. The first-order valence-corrected chi connectivity index (χ1v) is 8.29. The summed E-state index contributed by atoms with van der Waals surface area (Å²) in [5.41, 5.74) is 1.92. The van der Waals surface area contributed by atoms with Crippen molar-refractivity contribution in [2.75, 3.05) is 5.32 Å². The second-order valence-corrected chi connectivity index (χ2v) is 5.85. The lowest BCUT2D eigenvalue weighted by Crippen LogP contribution is -2.14. The van der Waals surface area contributed by atoms with Crippen molar-refractivity contribution in [1.82, 2.24) is 19.7 Å². The zero-order valence-electron chi connectivity index (χ0n) is 14.2. The molecule has 3 aromatic heterocycles. The van der Waals surface area contributed by atoms with Crippen LogP contribution in [-0.4, -0.2) is 19.7 Å². The van der Waals surface area contributed by atoms with Gasteiger partial charge in [-0.25, -0.2) is 9.97 Å². The smallest absolute Gasteiger partial charge is 0.163 e. The number of aromatic nitrogens is 4. The molecule has 0 saturated heterocycles. The minimum atomic E-state index is -0.140. The van der Waals surface area contributed by atoms with E-state index in [0.29, 0.717) is 0 Å². The van der Waals surface area contributed by atoms with Gasteiger partial charge in [-0.05, 0) is 17.7 Å². The topological polar surface area (TPSA) is 68.8 Å². The van der Waals surface area contributed by atoms with Gasteiger partial charge in [0.1, 0.15) is 23.4 Å². The first-order valence-electron chi connectivity index (χ1n) is 8.29. The number of nitrogens with one attached hydrogen (secondary N) is 1. The molecule has 3 heterocycles. The van der Waals surface area contributed by atoms with Crippen molar-refractivity contribution in [2.45, 2.75) is 19.4 Å². The fraction of sp³-hybridized carbons (Fsp3) is 0.211. The zero-order valence-corrected chi connectivity index (χ0v) is 14.2. The van der Waals surface area contributed by atoms with Crippen LogP contribution in [0.4, 0.5) is 5.82 Å². The summed E-state index contributed by atoms with van der Waals surface area (Å²) in [5.74, 6) is 2.38. The predicted octanol–water partition coefficient (Wildman–Crippen LogP) is 3.72. The maximum atomic E-state index is 5.67. The van der Waals surface area contributed by atoms with E-state index in [1.165, 1.54) is 0 Å². The van der Waals surface area contributed by atoms with Crippen LogP contribution in [0, 0.1) is 0 Å². The molecule has 0 fully saturated rings. The van der Waals surface area contributed by atoms with Gasteiger partial charge in [0.25, 0.3) is 0 Å². The number of fused-ring (bicyclic) bond motifs is 1. The van der Waals surface area contributed by atoms with E-state index in [4.69, 9.17) is 9.40 Å². The average Bonchev–Trinajstić information content (AvgIpc) is 3.31. The first-order chi connectivity index (χ1) is 12.3. The second kappa shape index (κ2) is 6.39. The number of rotatable bonds is 5. The molecule has 0 bridgehead atoms. The summed E-state index contributed by atoms with van der Waals surface area (Å²) >= 11 is 0. The van der Waals surface area contributed by atoms with Crippen LogP contribution in [0.1, 0.15) is 30.1 Å². The SMILES string of the molecule is CCc1nc(NC(c2ccccc2)c2ccco2)c2cnn(C)c2n1. The Hall–Kier alpha value is -3.15. The van der Waals surface area contributed by atoms with Crippen molar-refractivity contribution < 1.29 is 4.42 Å². The molecule has 1 aromatic carbocycles. The van der Waals surface area contributed by atoms with Crippen LogP contribution in [0.15, 0.2) is 59.3 Å². The summed E-state index contributed by atoms with van der Waals surface area (Å²) in [5, 5.41) is 8.75. The van der Waals surface area contributed by atoms with Crippen molar-refractivity contribution in [3.63, 3.8) is 0 Å². The molecule has 1 N–H and O–H groups in total. The van der Waals surface area contributed by atoms with E-state index in [1.807, 2.05) is 44.3 Å². The third-order valence-electron chi connectivity index (χ3n) is 4.20. The van der Waals surface area contributed by atoms with Crippen LogP contribution < -0.4 is 5.32 Å². The minimum Gasteiger partial charge on any atom is -0.467 e. The summed E-state index contributed by atoms with van der Waals surface area (Å²) < 4.78 is 7.44. The molecule has 0 saturated carbocycles. The van der Waals surface area contributed by atoms with Crippen molar-refractivity contribution in [1.29, 1.82) is 0 Å². The molecule has 4 rings (SSSR count). The van der Waals surface area contributed by atoms with Crippen LogP contribution in [0.25, 0.3) is 11.0 Å². The highest BCUT2D eigenvalue weighted by molar-refractivity contribution is 5.86. The van der Waals surface area contributed by atoms with Gasteiger partial charge in [-0.15, -0.1) is 0 Å². The molecule has 0 radical (unpaired) electrons. The minimum absolute atomic E-state index is 0.140. The van der Waals surface area contributed by atoms with E-state index in [9.17, 15) is 0 Å². The van der Waals surface area contributed by atoms with E-state index in [0.717, 1.165) is 40.4 Å². The van der Waals surface area contributed by atoms with Crippen molar-refractivity contribution in [2.24, 2.45) is 7.05 Å². The first kappa shape index (κ1) is 15.4. The van der Waals surface area contributed by atoms with Gasteiger partial charge >= 0.3 is 0 Å². The fourth-order valence-electron chi connectivity index (χ4n) is 2.89. The number of benzene rings is 1. The lowest BCUT2D eigenvalue weighted by atomic mass is 10.0. The molecule has 0 spiro atoms. The number of nitrogens with zero attached hydrogens (tertiary/aromatic N) is 4. The average molecular weight is 333 g/mol. The van der Waals surface area contributed by atoms with Crippen molar-refractivity contribution in [3.05, 3.63) is 72.1 Å². The van der Waals surface area contributed by atoms with Gasteiger partial charge in [0.2, 0.25) is 0 Å². The van der Waals surface area contributed by atoms with Gasteiger partial charge in [0, 0.05) is 13.5 Å². The molecule has 126 valence electrons. The van der Waals surface area contributed by atoms with Crippen LogP contribution >= 0.6 is 0 Å². The normalized spacial score (nSPS) is 12.4.